The number of carbonyl (C=O) groups excluding carboxylic acids is 1. The molecule has 1 aromatic rings. The fourth-order valence-corrected chi connectivity index (χ4v) is 2.97. The van der Waals surface area contributed by atoms with Crippen LogP contribution in [0.25, 0.3) is 0 Å². The molecule has 1 heterocycles. The summed E-state index contributed by atoms with van der Waals surface area (Å²) in [5.41, 5.74) is 3.21. The van der Waals surface area contributed by atoms with Crippen LogP contribution in [0.2, 0.25) is 0 Å². The first-order valence-electron chi connectivity index (χ1n) is 6.96. The summed E-state index contributed by atoms with van der Waals surface area (Å²) in [7, 11) is 1.93. The van der Waals surface area contributed by atoms with E-state index in [9.17, 15) is 4.79 Å². The summed E-state index contributed by atoms with van der Waals surface area (Å²) in [5.74, 6) is 0.912. The highest BCUT2D eigenvalue weighted by Gasteiger charge is 2.20. The Morgan fingerprint density at radius 3 is 2.50 bits per heavy atom. The van der Waals surface area contributed by atoms with Crippen LogP contribution in [0.1, 0.15) is 43.3 Å². The second-order valence-corrected chi connectivity index (χ2v) is 6.05. The number of aromatic nitrogens is 2. The van der Waals surface area contributed by atoms with E-state index >= 15 is 0 Å². The predicted octanol–water partition coefficient (Wildman–Crippen LogP) is 2.54. The van der Waals surface area contributed by atoms with Crippen LogP contribution < -0.4 is 10.6 Å². The number of thioether (sulfide) groups is 1. The number of urea groups is 1. The van der Waals surface area contributed by atoms with Crippen molar-refractivity contribution in [3.8, 4) is 0 Å². The van der Waals surface area contributed by atoms with E-state index in [-0.39, 0.29) is 18.1 Å². The highest BCUT2D eigenvalue weighted by Crippen LogP contribution is 2.23. The summed E-state index contributed by atoms with van der Waals surface area (Å²) < 4.78 is 1.86. The van der Waals surface area contributed by atoms with Gasteiger partial charge < -0.3 is 10.6 Å². The zero-order valence-corrected chi connectivity index (χ0v) is 14.1. The van der Waals surface area contributed by atoms with E-state index in [1.54, 1.807) is 11.8 Å². The zero-order chi connectivity index (χ0) is 15.3. The lowest BCUT2D eigenvalue weighted by Gasteiger charge is -2.20. The molecule has 2 amide bonds. The van der Waals surface area contributed by atoms with Gasteiger partial charge in [-0.25, -0.2) is 4.79 Å². The van der Waals surface area contributed by atoms with Gasteiger partial charge in [-0.15, -0.1) is 0 Å². The monoisotopic (exact) mass is 298 g/mol. The fourth-order valence-electron chi connectivity index (χ4n) is 2.39. The van der Waals surface area contributed by atoms with Crippen molar-refractivity contribution >= 4 is 17.8 Å². The van der Waals surface area contributed by atoms with E-state index in [4.69, 9.17) is 0 Å². The predicted molar refractivity (Wildman–Crippen MR) is 85.2 cm³/mol. The second kappa shape index (κ2) is 7.57. The SMILES string of the molecule is CC[C@H](NC(=O)N[C@H](C)CSC)c1c(C)nn(C)c1C. The molecule has 5 nitrogen and oxygen atoms in total. The van der Waals surface area contributed by atoms with Crippen molar-refractivity contribution < 1.29 is 4.79 Å². The van der Waals surface area contributed by atoms with Gasteiger partial charge in [-0.2, -0.15) is 16.9 Å². The minimum absolute atomic E-state index is 0.00480. The molecule has 0 unspecified atom stereocenters. The highest BCUT2D eigenvalue weighted by molar-refractivity contribution is 7.98. The summed E-state index contributed by atoms with van der Waals surface area (Å²) in [5, 5.41) is 10.4. The number of hydrogen-bond donors (Lipinski definition) is 2. The van der Waals surface area contributed by atoms with E-state index in [1.807, 2.05) is 38.8 Å². The van der Waals surface area contributed by atoms with Crippen LogP contribution in [-0.4, -0.2) is 33.9 Å². The molecule has 0 aliphatic heterocycles. The average Bonchev–Trinajstić information content (AvgIpc) is 2.61. The molecule has 0 aliphatic carbocycles. The first-order valence-corrected chi connectivity index (χ1v) is 8.36. The van der Waals surface area contributed by atoms with Gasteiger partial charge in [0, 0.05) is 30.1 Å². The van der Waals surface area contributed by atoms with Crippen molar-refractivity contribution in [1.82, 2.24) is 20.4 Å². The van der Waals surface area contributed by atoms with Crippen LogP contribution in [0, 0.1) is 13.8 Å². The number of aryl methyl sites for hydroxylation is 2. The number of hydrogen-bond acceptors (Lipinski definition) is 3. The summed E-state index contributed by atoms with van der Waals surface area (Å²) in [6.45, 7) is 8.11. The summed E-state index contributed by atoms with van der Waals surface area (Å²) in [6, 6.07) is 0.0600. The van der Waals surface area contributed by atoms with Crippen molar-refractivity contribution in [3.63, 3.8) is 0 Å². The van der Waals surface area contributed by atoms with Gasteiger partial charge in [0.25, 0.3) is 0 Å². The Morgan fingerprint density at radius 2 is 2.05 bits per heavy atom. The lowest BCUT2D eigenvalue weighted by Crippen LogP contribution is -2.43. The molecule has 2 atom stereocenters. The molecule has 0 spiro atoms. The molecule has 0 aromatic carbocycles. The van der Waals surface area contributed by atoms with Gasteiger partial charge in [0.1, 0.15) is 0 Å². The quantitative estimate of drug-likeness (QED) is 0.848. The van der Waals surface area contributed by atoms with Gasteiger partial charge in [0.15, 0.2) is 0 Å². The van der Waals surface area contributed by atoms with Crippen molar-refractivity contribution in [2.75, 3.05) is 12.0 Å². The van der Waals surface area contributed by atoms with E-state index in [2.05, 4.69) is 22.7 Å². The van der Waals surface area contributed by atoms with Gasteiger partial charge in [-0.3, -0.25) is 4.68 Å². The first-order chi connectivity index (χ1) is 9.40. The Hall–Kier alpha value is -1.17. The Bertz CT molecular complexity index is 458. The smallest absolute Gasteiger partial charge is 0.315 e. The van der Waals surface area contributed by atoms with Gasteiger partial charge in [-0.1, -0.05) is 6.92 Å². The molecular weight excluding hydrogens is 272 g/mol. The average molecular weight is 298 g/mol. The van der Waals surface area contributed by atoms with Crippen LogP contribution in [-0.2, 0) is 7.05 Å². The van der Waals surface area contributed by atoms with Crippen molar-refractivity contribution in [1.29, 1.82) is 0 Å². The van der Waals surface area contributed by atoms with Gasteiger partial charge >= 0.3 is 6.03 Å². The van der Waals surface area contributed by atoms with E-state index in [1.165, 1.54) is 0 Å². The van der Waals surface area contributed by atoms with Crippen LogP contribution in [0.3, 0.4) is 0 Å². The largest absolute Gasteiger partial charge is 0.335 e. The van der Waals surface area contributed by atoms with Crippen molar-refractivity contribution in [2.45, 2.75) is 46.2 Å². The molecule has 20 heavy (non-hydrogen) atoms. The Kier molecular flexibility index (Phi) is 6.39. The van der Waals surface area contributed by atoms with Crippen LogP contribution in [0.4, 0.5) is 4.79 Å². The molecule has 0 aliphatic rings. The van der Waals surface area contributed by atoms with Gasteiger partial charge in [0.2, 0.25) is 0 Å². The third kappa shape index (κ3) is 4.16. The molecule has 0 saturated carbocycles. The lowest BCUT2D eigenvalue weighted by molar-refractivity contribution is 0.234. The van der Waals surface area contributed by atoms with Gasteiger partial charge in [-0.05, 0) is 33.4 Å². The first kappa shape index (κ1) is 16.9. The molecule has 114 valence electrons. The Morgan fingerprint density at radius 1 is 1.40 bits per heavy atom. The third-order valence-electron chi connectivity index (χ3n) is 3.42. The normalized spacial score (nSPS) is 13.9. The summed E-state index contributed by atoms with van der Waals surface area (Å²) >= 11 is 1.73. The van der Waals surface area contributed by atoms with Gasteiger partial charge in [0.05, 0.1) is 11.7 Å². The van der Waals surface area contributed by atoms with E-state index in [0.717, 1.165) is 29.1 Å². The topological polar surface area (TPSA) is 59.0 Å². The second-order valence-electron chi connectivity index (χ2n) is 5.14. The van der Waals surface area contributed by atoms with Crippen LogP contribution >= 0.6 is 11.8 Å². The molecule has 1 rings (SSSR count). The highest BCUT2D eigenvalue weighted by atomic mass is 32.2. The minimum atomic E-state index is -0.110. The lowest BCUT2D eigenvalue weighted by atomic mass is 10.0. The van der Waals surface area contributed by atoms with Crippen molar-refractivity contribution in [2.24, 2.45) is 7.05 Å². The van der Waals surface area contributed by atoms with E-state index in [0.29, 0.717) is 0 Å². The number of nitrogens with one attached hydrogen (secondary N) is 2. The number of nitrogens with zero attached hydrogens (tertiary/aromatic N) is 2. The number of amides is 2. The Balaban J connectivity index is 2.74. The maximum absolute atomic E-state index is 12.0. The zero-order valence-electron chi connectivity index (χ0n) is 13.3. The molecule has 6 heteroatoms. The molecule has 1 aromatic heterocycles. The summed E-state index contributed by atoms with van der Waals surface area (Å²) in [4.78, 5) is 12.0. The maximum Gasteiger partial charge on any atom is 0.315 e. The fraction of sp³-hybridized carbons (Fsp3) is 0.714. The number of carbonyl (C=O) groups is 1. The molecule has 0 bridgehead atoms. The standard InChI is InChI=1S/C14H26N4OS/c1-7-12(13-10(3)17-18(5)11(13)4)16-14(19)15-9(2)8-20-6/h9,12H,7-8H2,1-6H3,(H2,15,16,19)/t9-,12+/m1/s1. The number of rotatable bonds is 6. The molecule has 0 fully saturated rings. The van der Waals surface area contributed by atoms with Crippen molar-refractivity contribution in [3.05, 3.63) is 17.0 Å². The maximum atomic E-state index is 12.0. The minimum Gasteiger partial charge on any atom is -0.335 e. The molecular formula is C14H26N4OS. The van der Waals surface area contributed by atoms with E-state index < -0.39 is 0 Å². The molecule has 0 saturated heterocycles. The molecule has 0 radical (unpaired) electrons. The van der Waals surface area contributed by atoms with Crippen LogP contribution in [0.15, 0.2) is 0 Å². The molecule has 2 N–H and O–H groups in total. The van der Waals surface area contributed by atoms with Crippen LogP contribution in [0.5, 0.6) is 0 Å². The third-order valence-corrected chi connectivity index (χ3v) is 4.25. The summed E-state index contributed by atoms with van der Waals surface area (Å²) in [6.07, 6.45) is 2.88. The Labute approximate surface area is 125 Å².